The van der Waals surface area contributed by atoms with Crippen LogP contribution in [-0.2, 0) is 19.1 Å². The molecule has 0 aromatic heterocycles. The fourth-order valence-corrected chi connectivity index (χ4v) is 2.81. The molecule has 7 nitrogen and oxygen atoms in total. The number of nitrogens with one attached hydrogen (secondary N) is 2. The molecule has 4 N–H and O–H groups in total. The van der Waals surface area contributed by atoms with Crippen molar-refractivity contribution in [1.29, 1.82) is 0 Å². The molecule has 1 atom stereocenters. The minimum Gasteiger partial charge on any atom is -0.467 e. The number of ether oxygens (including phenoxy) is 1. The fraction of sp³-hybridized carbons (Fsp3) is 0.812. The van der Waals surface area contributed by atoms with Crippen molar-refractivity contribution in [2.75, 3.05) is 13.7 Å². The summed E-state index contributed by atoms with van der Waals surface area (Å²) in [5.74, 6) is -1.20. The number of methoxy groups -OCH3 is 1. The number of esters is 1. The average molecular weight is 327 g/mol. The highest BCUT2D eigenvalue weighted by Gasteiger charge is 2.41. The van der Waals surface area contributed by atoms with Crippen molar-refractivity contribution < 1.29 is 19.1 Å². The molecule has 1 rings (SSSR count). The molecular formula is C16H29N3O4. The zero-order valence-electron chi connectivity index (χ0n) is 14.3. The van der Waals surface area contributed by atoms with E-state index in [1.807, 2.05) is 13.8 Å². The van der Waals surface area contributed by atoms with Gasteiger partial charge in [-0.05, 0) is 18.8 Å². The predicted octanol–water partition coefficient (Wildman–Crippen LogP) is 0.468. The van der Waals surface area contributed by atoms with Gasteiger partial charge in [-0.1, -0.05) is 39.5 Å². The fourth-order valence-electron chi connectivity index (χ4n) is 2.81. The number of carbonyl (C=O) groups is 3. The van der Waals surface area contributed by atoms with Crippen LogP contribution < -0.4 is 16.4 Å². The van der Waals surface area contributed by atoms with Crippen LogP contribution in [-0.4, -0.2) is 43.0 Å². The molecular weight excluding hydrogens is 298 g/mol. The van der Waals surface area contributed by atoms with Crippen LogP contribution in [0.4, 0.5) is 0 Å². The number of hydrogen-bond donors (Lipinski definition) is 3. The summed E-state index contributed by atoms with van der Waals surface area (Å²) < 4.78 is 4.88. The molecule has 0 aromatic rings. The van der Waals surface area contributed by atoms with Gasteiger partial charge in [0.1, 0.15) is 5.54 Å². The van der Waals surface area contributed by atoms with E-state index in [0.717, 1.165) is 25.7 Å². The Labute approximate surface area is 137 Å². The summed E-state index contributed by atoms with van der Waals surface area (Å²) in [5.41, 5.74) is 4.75. The first-order valence-electron chi connectivity index (χ1n) is 8.25. The summed E-state index contributed by atoms with van der Waals surface area (Å²) in [6, 6.07) is -0.657. The Morgan fingerprint density at radius 1 is 1.13 bits per heavy atom. The first kappa shape index (κ1) is 19.4. The van der Waals surface area contributed by atoms with E-state index in [1.54, 1.807) is 0 Å². The van der Waals surface area contributed by atoms with E-state index < -0.39 is 23.5 Å². The summed E-state index contributed by atoms with van der Waals surface area (Å²) in [6.07, 6.45) is 4.92. The van der Waals surface area contributed by atoms with Crippen LogP contribution in [0.2, 0.25) is 0 Å². The number of hydrogen-bond acceptors (Lipinski definition) is 5. The maximum Gasteiger partial charge on any atom is 0.331 e. The van der Waals surface area contributed by atoms with Gasteiger partial charge < -0.3 is 21.1 Å². The zero-order chi connectivity index (χ0) is 17.5. The molecule has 0 spiro atoms. The zero-order valence-corrected chi connectivity index (χ0v) is 14.3. The van der Waals surface area contributed by atoms with Crippen LogP contribution >= 0.6 is 0 Å². The minimum atomic E-state index is -0.979. The Bertz CT molecular complexity index is 429. The summed E-state index contributed by atoms with van der Waals surface area (Å²) in [4.78, 5) is 36.1. The van der Waals surface area contributed by atoms with Gasteiger partial charge in [-0.15, -0.1) is 0 Å². The molecule has 0 unspecified atom stereocenters. The molecule has 132 valence electrons. The molecule has 0 radical (unpaired) electrons. The predicted molar refractivity (Wildman–Crippen MR) is 86.4 cm³/mol. The van der Waals surface area contributed by atoms with Crippen molar-refractivity contribution in [2.24, 2.45) is 11.7 Å². The van der Waals surface area contributed by atoms with E-state index in [4.69, 9.17) is 10.5 Å². The summed E-state index contributed by atoms with van der Waals surface area (Å²) in [6.45, 7) is 3.47. The van der Waals surface area contributed by atoms with Gasteiger partial charge in [0.25, 0.3) is 0 Å². The number of carbonyl (C=O) groups excluding carboxylic acids is 3. The molecule has 1 aliphatic carbocycles. The summed E-state index contributed by atoms with van der Waals surface area (Å²) in [7, 11) is 1.32. The third-order valence-corrected chi connectivity index (χ3v) is 4.36. The minimum absolute atomic E-state index is 0.0127. The quantitative estimate of drug-likeness (QED) is 0.485. The Morgan fingerprint density at radius 2 is 1.70 bits per heavy atom. The van der Waals surface area contributed by atoms with E-state index in [0.29, 0.717) is 12.8 Å². The Morgan fingerprint density at radius 3 is 2.17 bits per heavy atom. The highest BCUT2D eigenvalue weighted by molar-refractivity contribution is 5.91. The average Bonchev–Trinajstić information content (AvgIpc) is 2.77. The second-order valence-corrected chi connectivity index (χ2v) is 6.52. The largest absolute Gasteiger partial charge is 0.467 e. The smallest absolute Gasteiger partial charge is 0.331 e. The lowest BCUT2D eigenvalue weighted by atomic mass is 9.90. The van der Waals surface area contributed by atoms with Gasteiger partial charge in [-0.25, -0.2) is 4.79 Å². The van der Waals surface area contributed by atoms with Crippen LogP contribution in [0.25, 0.3) is 0 Å². The Kier molecular flexibility index (Phi) is 7.48. The lowest BCUT2D eigenvalue weighted by Crippen LogP contribution is -2.57. The standard InChI is InChI=1S/C16H29N3O4/c1-11(2)13(17)14(21)18-10-12(20)19-16(15(22)23-3)8-6-4-5-7-9-16/h11,13H,4-10,17H2,1-3H3,(H,18,21)(H,19,20)/t13-/m0/s1. The first-order chi connectivity index (χ1) is 10.8. The molecule has 7 heteroatoms. The first-order valence-corrected chi connectivity index (χ1v) is 8.25. The van der Waals surface area contributed by atoms with Crippen LogP contribution in [0.5, 0.6) is 0 Å². The van der Waals surface area contributed by atoms with Gasteiger partial charge in [0.05, 0.1) is 19.7 Å². The third-order valence-electron chi connectivity index (χ3n) is 4.36. The lowest BCUT2D eigenvalue weighted by Gasteiger charge is -2.31. The second-order valence-electron chi connectivity index (χ2n) is 6.52. The molecule has 0 aliphatic heterocycles. The Hall–Kier alpha value is -1.63. The summed E-state index contributed by atoms with van der Waals surface area (Å²) >= 11 is 0. The molecule has 1 aliphatic rings. The molecule has 0 aromatic carbocycles. The van der Waals surface area contributed by atoms with Gasteiger partial charge in [0.15, 0.2) is 0 Å². The van der Waals surface area contributed by atoms with E-state index in [9.17, 15) is 14.4 Å². The van der Waals surface area contributed by atoms with Gasteiger partial charge in [0.2, 0.25) is 11.8 Å². The van der Waals surface area contributed by atoms with E-state index in [-0.39, 0.29) is 18.4 Å². The van der Waals surface area contributed by atoms with Gasteiger partial charge in [-0.3, -0.25) is 9.59 Å². The second kappa shape index (κ2) is 8.86. The third kappa shape index (κ3) is 5.49. The molecule has 23 heavy (non-hydrogen) atoms. The van der Waals surface area contributed by atoms with E-state index >= 15 is 0 Å². The van der Waals surface area contributed by atoms with Gasteiger partial charge in [-0.2, -0.15) is 0 Å². The number of nitrogens with two attached hydrogens (primary N) is 1. The molecule has 1 fully saturated rings. The van der Waals surface area contributed by atoms with Crippen LogP contribution in [0.3, 0.4) is 0 Å². The van der Waals surface area contributed by atoms with Crippen molar-refractivity contribution >= 4 is 17.8 Å². The van der Waals surface area contributed by atoms with Crippen LogP contribution in [0.1, 0.15) is 52.4 Å². The maximum atomic E-state index is 12.2. The van der Waals surface area contributed by atoms with Gasteiger partial charge in [0, 0.05) is 0 Å². The van der Waals surface area contributed by atoms with Crippen molar-refractivity contribution in [2.45, 2.75) is 64.0 Å². The summed E-state index contributed by atoms with van der Waals surface area (Å²) in [5, 5.41) is 5.29. The molecule has 1 saturated carbocycles. The van der Waals surface area contributed by atoms with Crippen LogP contribution in [0, 0.1) is 5.92 Å². The van der Waals surface area contributed by atoms with Crippen molar-refractivity contribution in [3.05, 3.63) is 0 Å². The number of amides is 2. The monoisotopic (exact) mass is 327 g/mol. The molecule has 0 heterocycles. The van der Waals surface area contributed by atoms with Crippen molar-refractivity contribution in [3.8, 4) is 0 Å². The SMILES string of the molecule is COC(=O)C1(NC(=O)CNC(=O)[C@@H](N)C(C)C)CCCCCC1. The van der Waals surface area contributed by atoms with E-state index in [2.05, 4.69) is 10.6 Å². The topological polar surface area (TPSA) is 111 Å². The lowest BCUT2D eigenvalue weighted by molar-refractivity contribution is -0.151. The highest BCUT2D eigenvalue weighted by atomic mass is 16.5. The maximum absolute atomic E-state index is 12.2. The van der Waals surface area contributed by atoms with Crippen LogP contribution in [0.15, 0.2) is 0 Å². The van der Waals surface area contributed by atoms with Crippen molar-refractivity contribution in [3.63, 3.8) is 0 Å². The number of rotatable bonds is 6. The Balaban J connectivity index is 2.63. The van der Waals surface area contributed by atoms with E-state index in [1.165, 1.54) is 7.11 Å². The van der Waals surface area contributed by atoms with Gasteiger partial charge >= 0.3 is 5.97 Å². The molecule has 0 saturated heterocycles. The highest BCUT2D eigenvalue weighted by Crippen LogP contribution is 2.28. The molecule has 0 bridgehead atoms. The normalized spacial score (nSPS) is 18.7. The van der Waals surface area contributed by atoms with Crippen molar-refractivity contribution in [1.82, 2.24) is 10.6 Å². The molecule has 2 amide bonds.